The molecule has 1 fully saturated rings. The third-order valence-electron chi connectivity index (χ3n) is 3.39. The average molecular weight is 236 g/mol. The number of likely N-dealkylation sites (tertiary alicyclic amines) is 1. The summed E-state index contributed by atoms with van der Waals surface area (Å²) < 4.78 is 5.33. The fraction of sp³-hybridized carbons (Fsp3) is 0.538. The maximum atomic E-state index is 9.30. The lowest BCUT2D eigenvalue weighted by Crippen LogP contribution is -2.31. The van der Waals surface area contributed by atoms with Gasteiger partial charge in [0.25, 0.3) is 0 Å². The molecule has 1 saturated heterocycles. The van der Waals surface area contributed by atoms with E-state index in [1.165, 1.54) is 0 Å². The van der Waals surface area contributed by atoms with Gasteiger partial charge in [0, 0.05) is 23.8 Å². The van der Waals surface area contributed by atoms with Crippen molar-refractivity contribution in [3.8, 4) is 5.75 Å². The van der Waals surface area contributed by atoms with Crippen LogP contribution < -0.4 is 10.5 Å². The molecule has 0 aromatic heterocycles. The molecule has 1 aliphatic heterocycles. The highest BCUT2D eigenvalue weighted by Crippen LogP contribution is 2.26. The molecular weight excluding hydrogens is 216 g/mol. The second kappa shape index (κ2) is 5.38. The number of nitrogens with two attached hydrogens (primary N) is 1. The number of nitrogens with zero attached hydrogens (tertiary/aromatic N) is 1. The number of hydrogen-bond donors (Lipinski definition) is 2. The lowest BCUT2D eigenvalue weighted by Gasteiger charge is -2.23. The second-order valence-electron chi connectivity index (χ2n) is 4.52. The Kier molecular flexibility index (Phi) is 3.86. The molecule has 1 heterocycles. The number of benzene rings is 1. The van der Waals surface area contributed by atoms with E-state index in [2.05, 4.69) is 4.90 Å². The van der Waals surface area contributed by atoms with Crippen LogP contribution in [0.5, 0.6) is 5.75 Å². The van der Waals surface area contributed by atoms with E-state index in [1.807, 2.05) is 18.2 Å². The van der Waals surface area contributed by atoms with E-state index in [4.69, 9.17) is 10.5 Å². The Morgan fingerprint density at radius 1 is 1.53 bits per heavy atom. The van der Waals surface area contributed by atoms with Crippen molar-refractivity contribution in [1.29, 1.82) is 0 Å². The number of nitrogen functional groups attached to an aromatic ring is 1. The Hall–Kier alpha value is -1.26. The van der Waals surface area contributed by atoms with E-state index in [0.717, 1.165) is 42.9 Å². The lowest BCUT2D eigenvalue weighted by atomic mass is 10.1. The van der Waals surface area contributed by atoms with Crippen molar-refractivity contribution in [3.05, 3.63) is 23.8 Å². The summed E-state index contributed by atoms with van der Waals surface area (Å²) in [4.78, 5) is 2.29. The van der Waals surface area contributed by atoms with Crippen molar-refractivity contribution in [2.75, 3.05) is 26.0 Å². The van der Waals surface area contributed by atoms with Crippen LogP contribution >= 0.6 is 0 Å². The fourth-order valence-electron chi connectivity index (χ4n) is 2.45. The van der Waals surface area contributed by atoms with Crippen LogP contribution in [0.2, 0.25) is 0 Å². The number of methoxy groups -OCH3 is 1. The topological polar surface area (TPSA) is 58.7 Å². The molecule has 94 valence electrons. The van der Waals surface area contributed by atoms with Gasteiger partial charge < -0.3 is 15.6 Å². The summed E-state index contributed by atoms with van der Waals surface area (Å²) in [7, 11) is 1.67. The first kappa shape index (κ1) is 12.2. The molecule has 0 spiro atoms. The van der Waals surface area contributed by atoms with E-state index < -0.39 is 0 Å². The van der Waals surface area contributed by atoms with Crippen LogP contribution in [-0.4, -0.2) is 36.3 Å². The largest absolute Gasteiger partial charge is 0.496 e. The maximum Gasteiger partial charge on any atom is 0.123 e. The normalized spacial score (nSPS) is 20.7. The fourth-order valence-corrected chi connectivity index (χ4v) is 2.45. The monoisotopic (exact) mass is 236 g/mol. The molecule has 0 amide bonds. The van der Waals surface area contributed by atoms with Gasteiger partial charge in [0.15, 0.2) is 0 Å². The highest BCUT2D eigenvalue weighted by molar-refractivity contribution is 5.47. The number of rotatable bonds is 4. The molecule has 2 rings (SSSR count). The van der Waals surface area contributed by atoms with E-state index in [9.17, 15) is 5.11 Å². The molecule has 1 atom stereocenters. The van der Waals surface area contributed by atoms with Crippen LogP contribution in [0.3, 0.4) is 0 Å². The lowest BCUT2D eigenvalue weighted by molar-refractivity contribution is 0.152. The quantitative estimate of drug-likeness (QED) is 0.772. The SMILES string of the molecule is COc1ccc(N)cc1CN1CCCC1CO. The number of anilines is 1. The van der Waals surface area contributed by atoms with Crippen LogP contribution in [0.25, 0.3) is 0 Å². The van der Waals surface area contributed by atoms with Crippen molar-refractivity contribution < 1.29 is 9.84 Å². The van der Waals surface area contributed by atoms with E-state index in [1.54, 1.807) is 7.11 Å². The summed E-state index contributed by atoms with van der Waals surface area (Å²) in [6.07, 6.45) is 2.22. The van der Waals surface area contributed by atoms with E-state index in [-0.39, 0.29) is 12.6 Å². The van der Waals surface area contributed by atoms with Gasteiger partial charge in [-0.2, -0.15) is 0 Å². The van der Waals surface area contributed by atoms with Gasteiger partial charge >= 0.3 is 0 Å². The van der Waals surface area contributed by atoms with Crippen LogP contribution in [-0.2, 0) is 6.54 Å². The zero-order valence-corrected chi connectivity index (χ0v) is 10.2. The standard InChI is InChI=1S/C13H20N2O2/c1-17-13-5-4-11(14)7-10(13)8-15-6-2-3-12(15)9-16/h4-5,7,12,16H,2-3,6,8-9,14H2,1H3. The van der Waals surface area contributed by atoms with Crippen molar-refractivity contribution >= 4 is 5.69 Å². The number of aliphatic hydroxyl groups is 1. The Balaban J connectivity index is 2.14. The highest BCUT2D eigenvalue weighted by atomic mass is 16.5. The molecule has 17 heavy (non-hydrogen) atoms. The zero-order chi connectivity index (χ0) is 12.3. The number of aliphatic hydroxyl groups excluding tert-OH is 1. The Morgan fingerprint density at radius 2 is 2.35 bits per heavy atom. The Labute approximate surface area is 102 Å². The molecule has 0 aliphatic carbocycles. The number of ether oxygens (including phenoxy) is 1. The van der Waals surface area contributed by atoms with Gasteiger partial charge in [0.1, 0.15) is 5.75 Å². The molecule has 0 saturated carbocycles. The van der Waals surface area contributed by atoms with Gasteiger partial charge in [-0.1, -0.05) is 0 Å². The molecule has 0 radical (unpaired) electrons. The van der Waals surface area contributed by atoms with Crippen molar-refractivity contribution in [1.82, 2.24) is 4.90 Å². The minimum absolute atomic E-state index is 0.227. The average Bonchev–Trinajstić information content (AvgIpc) is 2.77. The van der Waals surface area contributed by atoms with Crippen LogP contribution in [0.1, 0.15) is 18.4 Å². The maximum absolute atomic E-state index is 9.30. The molecule has 3 N–H and O–H groups in total. The molecule has 1 aliphatic rings. The summed E-state index contributed by atoms with van der Waals surface area (Å²) in [5, 5.41) is 9.30. The van der Waals surface area contributed by atoms with Crippen molar-refractivity contribution in [3.63, 3.8) is 0 Å². The molecule has 0 bridgehead atoms. The molecular formula is C13H20N2O2. The Bertz CT molecular complexity index is 382. The Morgan fingerprint density at radius 3 is 3.06 bits per heavy atom. The first-order chi connectivity index (χ1) is 8.24. The van der Waals surface area contributed by atoms with Gasteiger partial charge in [-0.15, -0.1) is 0 Å². The van der Waals surface area contributed by atoms with Crippen molar-refractivity contribution in [2.45, 2.75) is 25.4 Å². The minimum Gasteiger partial charge on any atom is -0.496 e. The molecule has 4 nitrogen and oxygen atoms in total. The van der Waals surface area contributed by atoms with Gasteiger partial charge in [0.05, 0.1) is 13.7 Å². The molecule has 4 heteroatoms. The van der Waals surface area contributed by atoms with Gasteiger partial charge in [-0.3, -0.25) is 4.90 Å². The highest BCUT2D eigenvalue weighted by Gasteiger charge is 2.24. The zero-order valence-electron chi connectivity index (χ0n) is 10.2. The first-order valence-corrected chi connectivity index (χ1v) is 6.02. The van der Waals surface area contributed by atoms with Crippen LogP contribution in [0, 0.1) is 0 Å². The number of hydrogen-bond acceptors (Lipinski definition) is 4. The molecule has 1 aromatic rings. The third kappa shape index (κ3) is 2.70. The predicted octanol–water partition coefficient (Wildman–Crippen LogP) is 1.23. The summed E-state index contributed by atoms with van der Waals surface area (Å²) in [5.41, 5.74) is 7.64. The van der Waals surface area contributed by atoms with E-state index in [0.29, 0.717) is 0 Å². The van der Waals surface area contributed by atoms with Crippen LogP contribution in [0.15, 0.2) is 18.2 Å². The minimum atomic E-state index is 0.227. The predicted molar refractivity (Wildman–Crippen MR) is 67.9 cm³/mol. The first-order valence-electron chi connectivity index (χ1n) is 6.02. The van der Waals surface area contributed by atoms with Gasteiger partial charge in [-0.05, 0) is 37.6 Å². The summed E-state index contributed by atoms with van der Waals surface area (Å²) in [6, 6.07) is 5.97. The van der Waals surface area contributed by atoms with Crippen LogP contribution in [0.4, 0.5) is 5.69 Å². The summed E-state index contributed by atoms with van der Waals surface area (Å²) in [6.45, 7) is 2.05. The third-order valence-corrected chi connectivity index (χ3v) is 3.39. The summed E-state index contributed by atoms with van der Waals surface area (Å²) >= 11 is 0. The smallest absolute Gasteiger partial charge is 0.123 e. The molecule has 1 aromatic carbocycles. The van der Waals surface area contributed by atoms with Gasteiger partial charge in [-0.25, -0.2) is 0 Å². The second-order valence-corrected chi connectivity index (χ2v) is 4.52. The molecule has 1 unspecified atom stereocenters. The van der Waals surface area contributed by atoms with E-state index >= 15 is 0 Å². The van der Waals surface area contributed by atoms with Gasteiger partial charge in [0.2, 0.25) is 0 Å². The van der Waals surface area contributed by atoms with Crippen molar-refractivity contribution in [2.24, 2.45) is 0 Å². The summed E-state index contributed by atoms with van der Waals surface area (Å²) in [5.74, 6) is 0.864.